The average molecular weight is 295 g/mol. The van der Waals surface area contributed by atoms with Gasteiger partial charge in [0.25, 0.3) is 0 Å². The molecule has 118 valence electrons. The molecule has 2 unspecified atom stereocenters. The Bertz CT molecular complexity index is 519. The largest absolute Gasteiger partial charge is 0.481 e. The van der Waals surface area contributed by atoms with Gasteiger partial charge in [-0.3, -0.25) is 9.48 Å². The zero-order valence-electron chi connectivity index (χ0n) is 13.2. The number of aliphatic carboxylic acids is 1. The summed E-state index contributed by atoms with van der Waals surface area (Å²) < 4.78 is 1.78. The van der Waals surface area contributed by atoms with Crippen molar-refractivity contribution < 1.29 is 15.0 Å². The van der Waals surface area contributed by atoms with Gasteiger partial charge < -0.3 is 15.1 Å². The van der Waals surface area contributed by atoms with E-state index in [0.29, 0.717) is 19.0 Å². The van der Waals surface area contributed by atoms with Crippen molar-refractivity contribution in [3.63, 3.8) is 0 Å². The molecule has 1 saturated heterocycles. The molecule has 0 saturated carbocycles. The van der Waals surface area contributed by atoms with Crippen LogP contribution >= 0.6 is 0 Å². The number of piperidine rings is 1. The van der Waals surface area contributed by atoms with E-state index in [2.05, 4.69) is 16.9 Å². The molecule has 1 aromatic rings. The lowest BCUT2D eigenvalue weighted by molar-refractivity contribution is -0.142. The molecular formula is C15H25N3O3. The number of aliphatic hydroxyl groups is 1. The number of hydrogen-bond donors (Lipinski definition) is 2. The lowest BCUT2D eigenvalue weighted by Crippen LogP contribution is -2.42. The molecule has 21 heavy (non-hydrogen) atoms. The van der Waals surface area contributed by atoms with Gasteiger partial charge in [-0.25, -0.2) is 0 Å². The third-order valence-corrected chi connectivity index (χ3v) is 3.96. The van der Waals surface area contributed by atoms with E-state index in [-0.39, 0.29) is 5.92 Å². The quantitative estimate of drug-likeness (QED) is 0.880. The first-order chi connectivity index (χ1) is 9.67. The Hall–Kier alpha value is -1.56. The SMILES string of the molecule is Cc1c(N2CC(C)CC(C(=O)O)C2)cnn1CC(C)(C)O. The number of nitrogens with zero attached hydrogens (tertiary/aromatic N) is 3. The number of carboxylic acids is 1. The van der Waals surface area contributed by atoms with E-state index in [4.69, 9.17) is 0 Å². The van der Waals surface area contributed by atoms with Crippen molar-refractivity contribution in [3.05, 3.63) is 11.9 Å². The summed E-state index contributed by atoms with van der Waals surface area (Å²) in [6.07, 6.45) is 2.50. The van der Waals surface area contributed by atoms with Gasteiger partial charge in [-0.2, -0.15) is 5.10 Å². The highest BCUT2D eigenvalue weighted by atomic mass is 16.4. The highest BCUT2D eigenvalue weighted by Gasteiger charge is 2.31. The monoisotopic (exact) mass is 295 g/mol. The molecule has 0 amide bonds. The first kappa shape index (κ1) is 15.8. The number of rotatable bonds is 4. The lowest BCUT2D eigenvalue weighted by atomic mass is 9.90. The number of carboxylic acid groups (broad SMARTS) is 1. The van der Waals surface area contributed by atoms with Crippen LogP contribution in [0.1, 0.15) is 32.9 Å². The Morgan fingerprint density at radius 3 is 2.71 bits per heavy atom. The van der Waals surface area contributed by atoms with Crippen LogP contribution in [0.25, 0.3) is 0 Å². The molecule has 1 aromatic heterocycles. The van der Waals surface area contributed by atoms with E-state index in [1.807, 2.05) is 6.92 Å². The Morgan fingerprint density at radius 2 is 2.14 bits per heavy atom. The van der Waals surface area contributed by atoms with Gasteiger partial charge in [0.2, 0.25) is 0 Å². The van der Waals surface area contributed by atoms with Crippen molar-refractivity contribution in [1.29, 1.82) is 0 Å². The van der Waals surface area contributed by atoms with Gasteiger partial charge >= 0.3 is 5.97 Å². The van der Waals surface area contributed by atoms with Crippen molar-refractivity contribution in [3.8, 4) is 0 Å². The minimum Gasteiger partial charge on any atom is -0.481 e. The number of hydrogen-bond acceptors (Lipinski definition) is 4. The molecule has 2 atom stereocenters. The summed E-state index contributed by atoms with van der Waals surface area (Å²) in [5.41, 5.74) is 1.11. The van der Waals surface area contributed by atoms with E-state index in [1.165, 1.54) is 0 Å². The summed E-state index contributed by atoms with van der Waals surface area (Å²) in [5, 5.41) is 23.5. The van der Waals surface area contributed by atoms with Crippen LogP contribution in [0, 0.1) is 18.8 Å². The molecule has 0 bridgehead atoms. The van der Waals surface area contributed by atoms with Crippen LogP contribution in [0.4, 0.5) is 5.69 Å². The fourth-order valence-electron chi connectivity index (χ4n) is 3.00. The second-order valence-electron chi connectivity index (χ2n) is 6.87. The Morgan fingerprint density at radius 1 is 1.48 bits per heavy atom. The third kappa shape index (κ3) is 3.75. The summed E-state index contributed by atoms with van der Waals surface area (Å²) in [5.74, 6) is -0.712. The number of anilines is 1. The highest BCUT2D eigenvalue weighted by Crippen LogP contribution is 2.29. The van der Waals surface area contributed by atoms with Crippen molar-refractivity contribution in [2.45, 2.75) is 46.3 Å². The summed E-state index contributed by atoms with van der Waals surface area (Å²) in [6, 6.07) is 0. The van der Waals surface area contributed by atoms with Crippen molar-refractivity contribution in [1.82, 2.24) is 9.78 Å². The molecular weight excluding hydrogens is 270 g/mol. The first-order valence-corrected chi connectivity index (χ1v) is 7.40. The molecule has 2 N–H and O–H groups in total. The molecule has 1 aliphatic rings. The van der Waals surface area contributed by atoms with E-state index >= 15 is 0 Å². The third-order valence-electron chi connectivity index (χ3n) is 3.96. The minimum absolute atomic E-state index is 0.328. The maximum Gasteiger partial charge on any atom is 0.308 e. The van der Waals surface area contributed by atoms with Gasteiger partial charge in [-0.15, -0.1) is 0 Å². The summed E-state index contributed by atoms with van der Waals surface area (Å²) in [6.45, 7) is 9.33. The average Bonchev–Trinajstić information content (AvgIpc) is 2.68. The fourth-order valence-corrected chi connectivity index (χ4v) is 3.00. The molecule has 6 nitrogen and oxygen atoms in total. The Kier molecular flexibility index (Phi) is 4.27. The van der Waals surface area contributed by atoms with Crippen LogP contribution in [0.3, 0.4) is 0 Å². The minimum atomic E-state index is -0.827. The Labute approximate surface area is 125 Å². The highest BCUT2D eigenvalue weighted by molar-refractivity contribution is 5.71. The molecule has 1 aliphatic heterocycles. The summed E-state index contributed by atoms with van der Waals surface area (Å²) in [4.78, 5) is 13.4. The van der Waals surface area contributed by atoms with Crippen molar-refractivity contribution >= 4 is 11.7 Å². The zero-order chi connectivity index (χ0) is 15.8. The van der Waals surface area contributed by atoms with E-state index in [9.17, 15) is 15.0 Å². The first-order valence-electron chi connectivity index (χ1n) is 7.40. The molecule has 1 fully saturated rings. The molecule has 0 aromatic carbocycles. The number of aromatic nitrogens is 2. The van der Waals surface area contributed by atoms with Crippen LogP contribution in [0.5, 0.6) is 0 Å². The van der Waals surface area contributed by atoms with Gasteiger partial charge in [-0.05, 0) is 33.1 Å². The molecule has 0 aliphatic carbocycles. The van der Waals surface area contributed by atoms with Gasteiger partial charge in [0, 0.05) is 13.1 Å². The van der Waals surface area contributed by atoms with E-state index in [0.717, 1.165) is 24.3 Å². The van der Waals surface area contributed by atoms with Crippen LogP contribution in [0.15, 0.2) is 6.20 Å². The van der Waals surface area contributed by atoms with Gasteiger partial charge in [0.1, 0.15) is 0 Å². The second-order valence-corrected chi connectivity index (χ2v) is 6.87. The lowest BCUT2D eigenvalue weighted by Gasteiger charge is -2.36. The van der Waals surface area contributed by atoms with E-state index < -0.39 is 11.6 Å². The van der Waals surface area contributed by atoms with Crippen LogP contribution in [0.2, 0.25) is 0 Å². The summed E-state index contributed by atoms with van der Waals surface area (Å²) >= 11 is 0. The molecule has 6 heteroatoms. The van der Waals surface area contributed by atoms with Crippen molar-refractivity contribution in [2.24, 2.45) is 11.8 Å². The fraction of sp³-hybridized carbons (Fsp3) is 0.733. The predicted octanol–water partition coefficient (Wildman–Crippen LogP) is 1.51. The second kappa shape index (κ2) is 5.67. The Balaban J connectivity index is 2.20. The maximum atomic E-state index is 11.3. The van der Waals surface area contributed by atoms with Gasteiger partial charge in [0.05, 0.1) is 35.6 Å². The zero-order valence-corrected chi connectivity index (χ0v) is 13.2. The van der Waals surface area contributed by atoms with Crippen LogP contribution in [-0.2, 0) is 11.3 Å². The summed E-state index contributed by atoms with van der Waals surface area (Å²) in [7, 11) is 0. The molecule has 2 heterocycles. The molecule has 0 radical (unpaired) electrons. The smallest absolute Gasteiger partial charge is 0.308 e. The molecule has 0 spiro atoms. The number of carbonyl (C=O) groups is 1. The standard InChI is InChI=1S/C15H25N3O3/c1-10-5-12(14(19)20)8-17(7-10)13-6-16-18(11(13)2)9-15(3,4)21/h6,10,12,21H,5,7-9H2,1-4H3,(H,19,20). The topological polar surface area (TPSA) is 78.6 Å². The normalized spacial score (nSPS) is 23.4. The van der Waals surface area contributed by atoms with Crippen molar-refractivity contribution in [2.75, 3.05) is 18.0 Å². The predicted molar refractivity (Wildman–Crippen MR) is 80.4 cm³/mol. The van der Waals surface area contributed by atoms with Crippen LogP contribution in [-0.4, -0.2) is 44.7 Å². The van der Waals surface area contributed by atoms with E-state index in [1.54, 1.807) is 24.7 Å². The van der Waals surface area contributed by atoms with Crippen LogP contribution < -0.4 is 4.90 Å². The van der Waals surface area contributed by atoms with Gasteiger partial charge in [-0.1, -0.05) is 6.92 Å². The maximum absolute atomic E-state index is 11.3. The molecule has 2 rings (SSSR count). The van der Waals surface area contributed by atoms with Gasteiger partial charge in [0.15, 0.2) is 0 Å².